The zero-order valence-corrected chi connectivity index (χ0v) is 12.1. The van der Waals surface area contributed by atoms with E-state index in [-0.39, 0.29) is 5.41 Å². The van der Waals surface area contributed by atoms with Crippen LogP contribution in [0.4, 0.5) is 0 Å². The Kier molecular flexibility index (Phi) is 4.33. The van der Waals surface area contributed by atoms with E-state index in [1.165, 1.54) is 11.6 Å². The molecule has 0 saturated carbocycles. The maximum atomic E-state index is 6.08. The summed E-state index contributed by atoms with van der Waals surface area (Å²) in [5, 5.41) is 0. The predicted molar refractivity (Wildman–Crippen MR) is 75.6 cm³/mol. The van der Waals surface area contributed by atoms with Crippen molar-refractivity contribution >= 4 is 8.07 Å². The van der Waals surface area contributed by atoms with Crippen molar-refractivity contribution < 1.29 is 0 Å². The first kappa shape index (κ1) is 13.5. The Hall–Kier alpha value is -0.603. The summed E-state index contributed by atoms with van der Waals surface area (Å²) >= 11 is 0. The van der Waals surface area contributed by atoms with Crippen LogP contribution in [0.5, 0.6) is 0 Å². The van der Waals surface area contributed by atoms with Crippen LogP contribution in [0.2, 0.25) is 25.7 Å². The molecule has 90 valence electrons. The summed E-state index contributed by atoms with van der Waals surface area (Å²) in [4.78, 5) is 0. The van der Waals surface area contributed by atoms with E-state index < -0.39 is 8.07 Å². The standard InChI is InChI=1S/C14H25NSi/c1-5-14(11-15,12-16(2,3)4)13-9-7-6-8-10-13/h6-10H,5,11-12,15H2,1-4H3. The second-order valence-corrected chi connectivity index (χ2v) is 11.4. The molecule has 2 heteroatoms. The van der Waals surface area contributed by atoms with Gasteiger partial charge in [0.25, 0.3) is 0 Å². The lowest BCUT2D eigenvalue weighted by Gasteiger charge is -2.37. The number of rotatable bonds is 5. The molecular formula is C14H25NSi. The van der Waals surface area contributed by atoms with E-state index in [2.05, 4.69) is 56.9 Å². The van der Waals surface area contributed by atoms with Gasteiger partial charge in [-0.05, 0) is 18.0 Å². The van der Waals surface area contributed by atoms with Crippen molar-refractivity contribution in [2.75, 3.05) is 6.54 Å². The molecular weight excluding hydrogens is 210 g/mol. The molecule has 0 spiro atoms. The van der Waals surface area contributed by atoms with Gasteiger partial charge in [-0.3, -0.25) is 0 Å². The maximum Gasteiger partial charge on any atom is 0.0451 e. The van der Waals surface area contributed by atoms with Gasteiger partial charge in [-0.15, -0.1) is 0 Å². The molecule has 1 nitrogen and oxygen atoms in total. The Morgan fingerprint density at radius 3 is 2.06 bits per heavy atom. The quantitative estimate of drug-likeness (QED) is 0.775. The van der Waals surface area contributed by atoms with Gasteiger partial charge in [0.15, 0.2) is 0 Å². The molecule has 0 aliphatic heterocycles. The molecule has 16 heavy (non-hydrogen) atoms. The van der Waals surface area contributed by atoms with E-state index in [1.54, 1.807) is 0 Å². The first-order chi connectivity index (χ1) is 7.43. The highest BCUT2D eigenvalue weighted by molar-refractivity contribution is 6.76. The predicted octanol–water partition coefficient (Wildman–Crippen LogP) is 3.63. The van der Waals surface area contributed by atoms with Gasteiger partial charge in [-0.1, -0.05) is 56.9 Å². The molecule has 0 aliphatic rings. The Balaban J connectivity index is 3.06. The van der Waals surface area contributed by atoms with Crippen molar-refractivity contribution in [2.24, 2.45) is 5.73 Å². The van der Waals surface area contributed by atoms with Crippen LogP contribution in [-0.2, 0) is 5.41 Å². The lowest BCUT2D eigenvalue weighted by Crippen LogP contribution is -2.41. The normalized spacial score (nSPS) is 15.8. The SMILES string of the molecule is CCC(CN)(C[Si](C)(C)C)c1ccccc1. The van der Waals surface area contributed by atoms with Crippen molar-refractivity contribution in [2.45, 2.75) is 44.4 Å². The second-order valence-electron chi connectivity index (χ2n) is 5.94. The molecule has 0 saturated heterocycles. The largest absolute Gasteiger partial charge is 0.330 e. The fraction of sp³-hybridized carbons (Fsp3) is 0.571. The summed E-state index contributed by atoms with van der Waals surface area (Å²) in [5.74, 6) is 0. The van der Waals surface area contributed by atoms with E-state index in [0.29, 0.717) is 0 Å². The molecule has 0 aromatic heterocycles. The third kappa shape index (κ3) is 3.19. The second kappa shape index (κ2) is 5.15. The van der Waals surface area contributed by atoms with Crippen molar-refractivity contribution in [3.8, 4) is 0 Å². The Morgan fingerprint density at radius 2 is 1.69 bits per heavy atom. The summed E-state index contributed by atoms with van der Waals surface area (Å²) in [7, 11) is -1.10. The summed E-state index contributed by atoms with van der Waals surface area (Å²) in [6.07, 6.45) is 1.14. The van der Waals surface area contributed by atoms with Gasteiger partial charge in [0.1, 0.15) is 0 Å². The van der Waals surface area contributed by atoms with Crippen molar-refractivity contribution in [1.82, 2.24) is 0 Å². The number of hydrogen-bond acceptors (Lipinski definition) is 1. The van der Waals surface area contributed by atoms with Gasteiger partial charge in [-0.2, -0.15) is 0 Å². The summed E-state index contributed by atoms with van der Waals surface area (Å²) in [6.45, 7) is 10.3. The highest BCUT2D eigenvalue weighted by Gasteiger charge is 2.33. The topological polar surface area (TPSA) is 26.0 Å². The van der Waals surface area contributed by atoms with E-state index in [9.17, 15) is 0 Å². The minimum Gasteiger partial charge on any atom is -0.330 e. The van der Waals surface area contributed by atoms with Gasteiger partial charge in [0, 0.05) is 20.0 Å². The molecule has 1 rings (SSSR count). The molecule has 1 aromatic carbocycles. The summed E-state index contributed by atoms with van der Waals surface area (Å²) < 4.78 is 0. The zero-order chi connectivity index (χ0) is 12.2. The van der Waals surface area contributed by atoms with Crippen LogP contribution in [-0.4, -0.2) is 14.6 Å². The molecule has 0 fully saturated rings. The lowest BCUT2D eigenvalue weighted by molar-refractivity contribution is 0.460. The first-order valence-corrected chi connectivity index (χ1v) is 9.90. The molecule has 2 N–H and O–H groups in total. The maximum absolute atomic E-state index is 6.08. The van der Waals surface area contributed by atoms with Crippen LogP contribution in [0, 0.1) is 0 Å². The minimum atomic E-state index is -1.10. The van der Waals surface area contributed by atoms with Gasteiger partial charge in [0.2, 0.25) is 0 Å². The Labute approximate surface area is 101 Å². The molecule has 0 radical (unpaired) electrons. The van der Waals surface area contributed by atoms with Crippen molar-refractivity contribution in [1.29, 1.82) is 0 Å². The molecule has 1 unspecified atom stereocenters. The third-order valence-corrected chi connectivity index (χ3v) is 5.06. The molecule has 1 aromatic rings. The van der Waals surface area contributed by atoms with Crippen LogP contribution >= 0.6 is 0 Å². The van der Waals surface area contributed by atoms with E-state index in [1.807, 2.05) is 0 Å². The highest BCUT2D eigenvalue weighted by Crippen LogP contribution is 2.35. The van der Waals surface area contributed by atoms with Crippen LogP contribution < -0.4 is 5.73 Å². The summed E-state index contributed by atoms with van der Waals surface area (Å²) in [5.41, 5.74) is 7.70. The number of benzene rings is 1. The third-order valence-electron chi connectivity index (χ3n) is 3.32. The first-order valence-electron chi connectivity index (χ1n) is 6.19. The Morgan fingerprint density at radius 1 is 1.12 bits per heavy atom. The van der Waals surface area contributed by atoms with Gasteiger partial charge < -0.3 is 5.73 Å². The van der Waals surface area contributed by atoms with Gasteiger partial charge >= 0.3 is 0 Å². The fourth-order valence-corrected chi connectivity index (χ4v) is 5.20. The average Bonchev–Trinajstić information content (AvgIpc) is 2.26. The number of nitrogens with two attached hydrogens (primary N) is 1. The lowest BCUT2D eigenvalue weighted by atomic mass is 9.80. The van der Waals surface area contributed by atoms with Crippen LogP contribution in [0.1, 0.15) is 18.9 Å². The zero-order valence-electron chi connectivity index (χ0n) is 11.1. The van der Waals surface area contributed by atoms with Gasteiger partial charge in [-0.25, -0.2) is 0 Å². The minimum absolute atomic E-state index is 0.200. The summed E-state index contributed by atoms with van der Waals surface area (Å²) in [6, 6.07) is 12.1. The smallest absolute Gasteiger partial charge is 0.0451 e. The van der Waals surface area contributed by atoms with Crippen molar-refractivity contribution in [3.63, 3.8) is 0 Å². The average molecular weight is 235 g/mol. The molecule has 0 bridgehead atoms. The Bertz CT molecular complexity index is 309. The fourth-order valence-electron chi connectivity index (χ4n) is 2.57. The van der Waals surface area contributed by atoms with Crippen LogP contribution in [0.15, 0.2) is 30.3 Å². The van der Waals surface area contributed by atoms with Gasteiger partial charge in [0.05, 0.1) is 0 Å². The highest BCUT2D eigenvalue weighted by atomic mass is 28.3. The van der Waals surface area contributed by atoms with E-state index >= 15 is 0 Å². The van der Waals surface area contributed by atoms with Crippen molar-refractivity contribution in [3.05, 3.63) is 35.9 Å². The van der Waals surface area contributed by atoms with E-state index in [0.717, 1.165) is 13.0 Å². The van der Waals surface area contributed by atoms with E-state index in [4.69, 9.17) is 5.73 Å². The monoisotopic (exact) mass is 235 g/mol. The number of hydrogen-bond donors (Lipinski definition) is 1. The molecule has 0 aliphatic carbocycles. The molecule has 0 heterocycles. The van der Waals surface area contributed by atoms with Crippen LogP contribution in [0.25, 0.3) is 0 Å². The molecule has 1 atom stereocenters. The molecule has 0 amide bonds. The van der Waals surface area contributed by atoms with Crippen LogP contribution in [0.3, 0.4) is 0 Å².